The van der Waals surface area contributed by atoms with Crippen LogP contribution in [0.1, 0.15) is 86.9 Å². The number of hydrogen-bond acceptors (Lipinski definition) is 20. The summed E-state index contributed by atoms with van der Waals surface area (Å²) in [5.41, 5.74) is 3.32. The zero-order chi connectivity index (χ0) is 48.5. The van der Waals surface area contributed by atoms with Crippen molar-refractivity contribution in [1.82, 2.24) is 68.4 Å². The fourth-order valence-electron chi connectivity index (χ4n) is 11.6. The third kappa shape index (κ3) is 8.50. The molecule has 5 aliphatic rings. The molecule has 8 heterocycles. The minimum atomic E-state index is -1.11. The van der Waals surface area contributed by atoms with Crippen LogP contribution >= 0.6 is 0 Å². The maximum absolute atomic E-state index is 11.5. The third-order valence-corrected chi connectivity index (χ3v) is 15.9. The minimum Gasteiger partial charge on any atom is -0.390 e. The van der Waals surface area contributed by atoms with Crippen LogP contribution in [0.25, 0.3) is 22.3 Å². The Kier molecular flexibility index (Phi) is 12.6. The molecule has 2 saturated heterocycles. The molecular weight excluding hydrogens is 901 g/mol. The van der Waals surface area contributed by atoms with Gasteiger partial charge in [-0.2, -0.15) is 30.1 Å². The maximum Gasteiger partial charge on any atom is 0.229 e. The zero-order valence-corrected chi connectivity index (χ0v) is 40.1. The fourth-order valence-corrected chi connectivity index (χ4v) is 11.6. The Morgan fingerprint density at radius 2 is 0.957 bits per heavy atom. The second-order valence-electron chi connectivity index (χ2n) is 20.5. The van der Waals surface area contributed by atoms with Gasteiger partial charge in [0.15, 0.2) is 34.0 Å². The van der Waals surface area contributed by atoms with Crippen LogP contribution in [0.4, 0.5) is 23.5 Å². The number of aliphatic hydroxyl groups is 6. The molecule has 24 heteroatoms. The van der Waals surface area contributed by atoms with Gasteiger partial charge < -0.3 is 70.0 Å². The van der Waals surface area contributed by atoms with E-state index in [1.807, 2.05) is 9.13 Å². The lowest BCUT2D eigenvalue weighted by molar-refractivity contribution is 0.00711. The maximum atomic E-state index is 11.5. The monoisotopic (exact) mass is 967 g/mol. The highest BCUT2D eigenvalue weighted by atomic mass is 16.3. The lowest BCUT2D eigenvalue weighted by Gasteiger charge is -2.31. The molecule has 8 N–H and O–H groups in total. The smallest absolute Gasteiger partial charge is 0.229 e. The van der Waals surface area contributed by atoms with E-state index in [4.69, 9.17) is 29.9 Å². The van der Waals surface area contributed by atoms with Gasteiger partial charge in [0.2, 0.25) is 11.9 Å². The molecule has 24 nitrogen and oxygen atoms in total. The molecule has 376 valence electrons. The highest BCUT2D eigenvalue weighted by Gasteiger charge is 2.46. The first-order valence-electron chi connectivity index (χ1n) is 24.7. The molecule has 0 aromatic carbocycles. The summed E-state index contributed by atoms with van der Waals surface area (Å²) in [7, 11) is 8.36. The Morgan fingerprint density at radius 1 is 0.557 bits per heavy atom. The number of nitrogens with zero attached hydrogens (tertiary/aromatic N) is 16. The van der Waals surface area contributed by atoms with Crippen molar-refractivity contribution in [3.05, 3.63) is 48.6 Å². The molecule has 0 unspecified atom stereocenters. The summed E-state index contributed by atoms with van der Waals surface area (Å²) < 4.78 is 6.99. The molecular formula is C46H66N18O6. The molecule has 0 amide bonds. The summed E-state index contributed by atoms with van der Waals surface area (Å²) in [4.78, 5) is 39.1. The Balaban J connectivity index is 0.843. The predicted molar refractivity (Wildman–Crippen MR) is 258 cm³/mol. The molecule has 3 saturated carbocycles. The van der Waals surface area contributed by atoms with Crippen LogP contribution in [-0.2, 0) is 13.2 Å². The normalized spacial score (nSPS) is 30.6. The first-order chi connectivity index (χ1) is 33.8. The Labute approximate surface area is 404 Å². The van der Waals surface area contributed by atoms with Crippen LogP contribution in [0.2, 0.25) is 0 Å². The second-order valence-corrected chi connectivity index (χ2v) is 20.5. The highest BCUT2D eigenvalue weighted by Crippen LogP contribution is 2.42. The molecule has 0 spiro atoms. The van der Waals surface area contributed by atoms with Crippen molar-refractivity contribution in [2.45, 2.75) is 137 Å². The molecule has 3 aliphatic carbocycles. The first-order valence-corrected chi connectivity index (χ1v) is 24.7. The summed E-state index contributed by atoms with van der Waals surface area (Å²) in [5.74, 6) is 2.44. The van der Waals surface area contributed by atoms with E-state index >= 15 is 0 Å². The first kappa shape index (κ1) is 46.8. The van der Waals surface area contributed by atoms with E-state index in [2.05, 4.69) is 68.6 Å². The van der Waals surface area contributed by atoms with E-state index in [9.17, 15) is 30.6 Å². The summed E-state index contributed by atoms with van der Waals surface area (Å²) in [5, 5.41) is 81.2. The topological polar surface area (TPSA) is 281 Å². The molecule has 6 aromatic rings. The summed E-state index contributed by atoms with van der Waals surface area (Å²) in [6, 6.07) is 2.18. The van der Waals surface area contributed by atoms with Gasteiger partial charge in [0.25, 0.3) is 0 Å². The molecule has 5 fully saturated rings. The molecule has 70 heavy (non-hydrogen) atoms. The number of nitrogens with one attached hydrogen (secondary N) is 2. The lowest BCUT2D eigenvalue weighted by atomic mass is 9.91. The number of fused-ring (bicyclic) bond motifs is 2. The van der Waals surface area contributed by atoms with Gasteiger partial charge in [-0.15, -0.1) is 0 Å². The van der Waals surface area contributed by atoms with Gasteiger partial charge in [0, 0.05) is 62.7 Å². The van der Waals surface area contributed by atoms with Crippen LogP contribution in [0.3, 0.4) is 0 Å². The largest absolute Gasteiger partial charge is 0.390 e. The van der Waals surface area contributed by atoms with Crippen LogP contribution < -0.4 is 20.4 Å². The van der Waals surface area contributed by atoms with E-state index < -0.39 is 48.6 Å². The van der Waals surface area contributed by atoms with Gasteiger partial charge in [-0.05, 0) is 91.7 Å². The van der Waals surface area contributed by atoms with E-state index in [-0.39, 0.29) is 25.3 Å². The Morgan fingerprint density at radius 3 is 1.31 bits per heavy atom. The average Bonchev–Trinajstić information content (AvgIpc) is 4.22. The van der Waals surface area contributed by atoms with E-state index in [0.717, 1.165) is 64.7 Å². The summed E-state index contributed by atoms with van der Waals surface area (Å²) in [6.45, 7) is 2.70. The molecule has 0 bridgehead atoms. The summed E-state index contributed by atoms with van der Waals surface area (Å²) in [6.07, 6.45) is 8.43. The van der Waals surface area contributed by atoms with Crippen LogP contribution in [-0.4, -0.2) is 202 Å². The van der Waals surface area contributed by atoms with Gasteiger partial charge in [-0.1, -0.05) is 0 Å². The zero-order valence-electron chi connectivity index (χ0n) is 40.1. The van der Waals surface area contributed by atoms with Crippen molar-refractivity contribution >= 4 is 45.9 Å². The van der Waals surface area contributed by atoms with Crippen molar-refractivity contribution in [2.24, 2.45) is 0 Å². The molecule has 0 radical (unpaired) electrons. The number of aromatic nitrogens is 12. The predicted octanol–water partition coefficient (Wildman–Crippen LogP) is 0.275. The minimum absolute atomic E-state index is 0.0743. The van der Waals surface area contributed by atoms with E-state index in [1.165, 1.54) is 0 Å². The van der Waals surface area contributed by atoms with Crippen LogP contribution in [0.5, 0.6) is 0 Å². The van der Waals surface area contributed by atoms with Gasteiger partial charge in [0.05, 0.1) is 61.4 Å². The van der Waals surface area contributed by atoms with Gasteiger partial charge >= 0.3 is 0 Å². The number of anilines is 4. The van der Waals surface area contributed by atoms with Crippen molar-refractivity contribution in [1.29, 1.82) is 0 Å². The van der Waals surface area contributed by atoms with Gasteiger partial charge in [0.1, 0.15) is 24.4 Å². The third-order valence-electron chi connectivity index (χ3n) is 15.9. The number of rotatable bonds is 14. The highest BCUT2D eigenvalue weighted by molar-refractivity contribution is 5.86. The van der Waals surface area contributed by atoms with Crippen molar-refractivity contribution in [2.75, 3.05) is 74.8 Å². The van der Waals surface area contributed by atoms with E-state index in [0.29, 0.717) is 82.2 Å². The summed E-state index contributed by atoms with van der Waals surface area (Å²) >= 11 is 0. The Bertz CT molecular complexity index is 2600. The fraction of sp³-hybridized carbons (Fsp3) is 0.652. The SMILES string of the molecule is CN(C)[C@@H]1CCN(c2nc(NC3CCC(Nc4nc(N5CC[C@@H](N(C)C)C5)nc5c4ncn5[C@@H]4C[C@H](n5ccc(CO)n5)[C@@H](O)[C@H]4O)CC3)c3ncn([C@@H]4C[C@H](n5ccc(CO)n5)[C@@H](O)[C@H]4O)c3n2)C1. The van der Waals surface area contributed by atoms with Crippen molar-refractivity contribution in [3.8, 4) is 0 Å². The van der Waals surface area contributed by atoms with Crippen molar-refractivity contribution < 1.29 is 30.6 Å². The quantitative estimate of drug-likeness (QED) is 0.0728. The number of likely N-dealkylation sites (N-methyl/N-ethyl adjacent to an activating group) is 2. The number of aliphatic hydroxyl groups excluding tert-OH is 6. The van der Waals surface area contributed by atoms with Crippen molar-refractivity contribution in [3.63, 3.8) is 0 Å². The number of hydrogen-bond donors (Lipinski definition) is 8. The van der Waals surface area contributed by atoms with Crippen LogP contribution in [0.15, 0.2) is 37.2 Å². The molecule has 11 rings (SSSR count). The standard InChI is InChI=1S/C46H66N18O6/c1-57(2)29-11-13-59(19-29)45-51-41(35-43(53-45)61(23-47-35)31-17-33(39(69)37(31)67)63-15-9-27(21-65)55-63)49-25-5-7-26(8-6-25)50-42-36-44(54-46(52-42)60-14-12-30(20-60)58(3)4)62(24-48-36)32-18-34(40(70)38(32)68)64-16-10-28(22-66)56-64/h9-10,15-16,23-26,29-34,37-40,65-70H,5-8,11-14,17-22H2,1-4H3,(H,49,51,53)(H,50,52,54)/t25?,26?,29-,30-,31-,32-,33+,34+,37+,38+,39-,40-/m1/s1. The van der Waals surface area contributed by atoms with E-state index in [1.54, 1.807) is 46.5 Å². The van der Waals surface area contributed by atoms with Gasteiger partial charge in [-0.3, -0.25) is 9.36 Å². The lowest BCUT2D eigenvalue weighted by Crippen LogP contribution is -2.34. The van der Waals surface area contributed by atoms with Gasteiger partial charge in [-0.25, -0.2) is 9.97 Å². The molecule has 10 atom stereocenters. The second kappa shape index (κ2) is 18.9. The van der Waals surface area contributed by atoms with Crippen LogP contribution in [0, 0.1) is 0 Å². The average molecular weight is 967 g/mol. The Hall–Kier alpha value is -5.60. The number of imidazole rings is 2. The molecule has 2 aliphatic heterocycles. The molecule has 6 aromatic heterocycles.